The van der Waals surface area contributed by atoms with Crippen LogP contribution in [0.15, 0.2) is 121 Å². The molecule has 7 heteroatoms. The van der Waals surface area contributed by atoms with Crippen LogP contribution in [0.5, 0.6) is 11.5 Å². The Bertz CT molecular complexity index is 1820. The van der Waals surface area contributed by atoms with E-state index in [2.05, 4.69) is 17.4 Å². The monoisotopic (exact) mass is 613 g/mol. The van der Waals surface area contributed by atoms with Crippen molar-refractivity contribution < 1.29 is 18.7 Å². The first-order valence-corrected chi connectivity index (χ1v) is 15.5. The van der Waals surface area contributed by atoms with Crippen LogP contribution in [0.1, 0.15) is 47.6 Å². The summed E-state index contributed by atoms with van der Waals surface area (Å²) in [4.78, 5) is 28.7. The van der Waals surface area contributed by atoms with Gasteiger partial charge in [0.2, 0.25) is 11.8 Å². The summed E-state index contributed by atoms with van der Waals surface area (Å²) >= 11 is 0. The molecule has 0 aromatic heterocycles. The van der Waals surface area contributed by atoms with E-state index in [4.69, 9.17) is 10.5 Å². The molecule has 2 amide bonds. The van der Waals surface area contributed by atoms with Crippen molar-refractivity contribution in [2.45, 2.75) is 44.8 Å². The number of fused-ring (bicyclic) bond motifs is 1. The molecule has 1 unspecified atom stereocenters. The summed E-state index contributed by atoms with van der Waals surface area (Å²) in [5, 5.41) is 3.13. The molecule has 1 atom stereocenters. The average molecular weight is 614 g/mol. The topological polar surface area (TPSA) is 84.7 Å². The van der Waals surface area contributed by atoms with Gasteiger partial charge in [0.05, 0.1) is 18.3 Å². The van der Waals surface area contributed by atoms with Gasteiger partial charge >= 0.3 is 0 Å². The van der Waals surface area contributed by atoms with Crippen molar-refractivity contribution in [2.75, 3.05) is 4.90 Å². The number of benzene rings is 5. The molecule has 0 fully saturated rings. The van der Waals surface area contributed by atoms with Crippen molar-refractivity contribution >= 4 is 17.5 Å². The highest BCUT2D eigenvalue weighted by Crippen LogP contribution is 2.35. The van der Waals surface area contributed by atoms with Crippen LogP contribution >= 0.6 is 0 Å². The number of nitrogens with two attached hydrogens (primary N) is 1. The third-order valence-corrected chi connectivity index (χ3v) is 8.33. The SMILES string of the molecule is NCc1cccc(Oc2ccccc2N(Cc2ccc(-c3ccc(F)cc3)cc2)C(=O)CCC(=O)NC2CCc3ccccc32)c1. The van der Waals surface area contributed by atoms with E-state index in [1.165, 1.54) is 17.7 Å². The minimum atomic E-state index is -0.285. The van der Waals surface area contributed by atoms with E-state index in [1.807, 2.05) is 84.9 Å². The lowest BCUT2D eigenvalue weighted by atomic mass is 10.0. The maximum atomic E-state index is 14.0. The highest BCUT2D eigenvalue weighted by Gasteiger charge is 2.25. The van der Waals surface area contributed by atoms with Crippen LogP contribution in [0.25, 0.3) is 11.1 Å². The van der Waals surface area contributed by atoms with Crippen LogP contribution in [0, 0.1) is 5.82 Å². The van der Waals surface area contributed by atoms with Crippen LogP contribution in [0.3, 0.4) is 0 Å². The number of hydrogen-bond acceptors (Lipinski definition) is 4. The molecular weight excluding hydrogens is 577 g/mol. The van der Waals surface area contributed by atoms with Crippen LogP contribution < -0.4 is 20.7 Å². The van der Waals surface area contributed by atoms with E-state index in [9.17, 15) is 14.0 Å². The summed E-state index contributed by atoms with van der Waals surface area (Å²) < 4.78 is 19.7. The van der Waals surface area contributed by atoms with Crippen LogP contribution in [0.2, 0.25) is 0 Å². The second kappa shape index (κ2) is 14.2. The Morgan fingerprint density at radius 3 is 2.30 bits per heavy atom. The second-order valence-electron chi connectivity index (χ2n) is 11.5. The Morgan fingerprint density at radius 2 is 1.52 bits per heavy atom. The molecule has 0 heterocycles. The first kappa shape index (κ1) is 30.7. The number of para-hydroxylation sites is 2. The van der Waals surface area contributed by atoms with Crippen molar-refractivity contribution in [1.82, 2.24) is 5.32 Å². The van der Waals surface area contributed by atoms with Crippen molar-refractivity contribution in [3.8, 4) is 22.6 Å². The number of halogens is 1. The first-order chi connectivity index (χ1) is 22.5. The summed E-state index contributed by atoms with van der Waals surface area (Å²) in [6.07, 6.45) is 1.89. The Balaban J connectivity index is 1.22. The smallest absolute Gasteiger partial charge is 0.227 e. The van der Waals surface area contributed by atoms with Gasteiger partial charge in [-0.15, -0.1) is 0 Å². The number of hydrogen-bond donors (Lipinski definition) is 2. The van der Waals surface area contributed by atoms with Gasteiger partial charge in [-0.3, -0.25) is 9.59 Å². The summed E-state index contributed by atoms with van der Waals surface area (Å²) in [7, 11) is 0. The van der Waals surface area contributed by atoms with Crippen molar-refractivity contribution in [3.63, 3.8) is 0 Å². The number of amides is 2. The maximum Gasteiger partial charge on any atom is 0.227 e. The van der Waals surface area contributed by atoms with Gasteiger partial charge in [-0.2, -0.15) is 0 Å². The van der Waals surface area contributed by atoms with Gasteiger partial charge in [0, 0.05) is 19.4 Å². The Morgan fingerprint density at radius 1 is 0.804 bits per heavy atom. The quantitative estimate of drug-likeness (QED) is 0.159. The number of ether oxygens (including phenoxy) is 1. The fourth-order valence-corrected chi connectivity index (χ4v) is 5.89. The molecule has 0 bridgehead atoms. The first-order valence-electron chi connectivity index (χ1n) is 15.5. The number of rotatable bonds is 11. The standard InChI is InChI=1S/C39H36FN3O3/c40-32-19-16-30(17-20-32)29-14-12-27(13-15-29)26-43(36-10-3-4-11-37(36)46-33-8-5-6-28(24-33)25-41)39(45)23-22-38(44)42-35-21-18-31-7-1-2-9-34(31)35/h1-17,19-20,24,35H,18,21-23,25-26,41H2,(H,42,44). The van der Waals surface area contributed by atoms with Gasteiger partial charge in [-0.25, -0.2) is 4.39 Å². The average Bonchev–Trinajstić information content (AvgIpc) is 3.49. The van der Waals surface area contributed by atoms with Gasteiger partial charge in [-0.1, -0.05) is 84.9 Å². The van der Waals surface area contributed by atoms with E-state index < -0.39 is 0 Å². The third-order valence-electron chi connectivity index (χ3n) is 8.33. The fourth-order valence-electron chi connectivity index (χ4n) is 5.89. The predicted molar refractivity (Wildman–Crippen MR) is 179 cm³/mol. The number of nitrogens with one attached hydrogen (secondary N) is 1. The Hall–Kier alpha value is -5.27. The van der Waals surface area contributed by atoms with Crippen molar-refractivity contribution in [1.29, 1.82) is 0 Å². The fraction of sp³-hybridized carbons (Fsp3) is 0.179. The van der Waals surface area contributed by atoms with E-state index in [-0.39, 0.29) is 43.1 Å². The zero-order chi connectivity index (χ0) is 31.9. The molecule has 46 heavy (non-hydrogen) atoms. The van der Waals surface area contributed by atoms with E-state index in [0.29, 0.717) is 23.7 Å². The van der Waals surface area contributed by atoms with Crippen LogP contribution in [-0.4, -0.2) is 11.8 Å². The van der Waals surface area contributed by atoms with Crippen molar-refractivity contribution in [2.24, 2.45) is 5.73 Å². The molecule has 6 nitrogen and oxygen atoms in total. The number of nitrogens with zero attached hydrogens (tertiary/aromatic N) is 1. The lowest BCUT2D eigenvalue weighted by Crippen LogP contribution is -2.33. The molecule has 1 aliphatic rings. The zero-order valence-electron chi connectivity index (χ0n) is 25.5. The zero-order valence-corrected chi connectivity index (χ0v) is 25.5. The molecule has 232 valence electrons. The minimum Gasteiger partial charge on any atom is -0.455 e. The lowest BCUT2D eigenvalue weighted by molar-refractivity contribution is -0.125. The van der Waals surface area contributed by atoms with Gasteiger partial charge in [-0.05, 0) is 82.6 Å². The summed E-state index contributed by atoms with van der Waals surface area (Å²) in [6.45, 7) is 0.648. The molecule has 6 rings (SSSR count). The number of carbonyl (C=O) groups is 2. The predicted octanol–water partition coefficient (Wildman–Crippen LogP) is 7.86. The Labute approximate surface area is 268 Å². The van der Waals surface area contributed by atoms with Crippen LogP contribution in [-0.2, 0) is 29.1 Å². The van der Waals surface area contributed by atoms with Crippen LogP contribution in [0.4, 0.5) is 10.1 Å². The summed E-state index contributed by atoms with van der Waals surface area (Å²) in [5.74, 6) is 0.493. The molecule has 3 N–H and O–H groups in total. The van der Waals surface area contributed by atoms with Gasteiger partial charge in [0.15, 0.2) is 5.75 Å². The van der Waals surface area contributed by atoms with Gasteiger partial charge in [0.25, 0.3) is 0 Å². The minimum absolute atomic E-state index is 0.0326. The van der Waals surface area contributed by atoms with Gasteiger partial charge < -0.3 is 20.7 Å². The molecule has 0 spiro atoms. The molecular formula is C39H36FN3O3. The van der Waals surface area contributed by atoms with E-state index in [1.54, 1.807) is 17.0 Å². The van der Waals surface area contributed by atoms with E-state index >= 15 is 0 Å². The molecule has 1 aliphatic carbocycles. The summed E-state index contributed by atoms with van der Waals surface area (Å²) in [6, 6.07) is 37.2. The second-order valence-corrected chi connectivity index (χ2v) is 11.5. The van der Waals surface area contributed by atoms with Crippen molar-refractivity contribution in [3.05, 3.63) is 149 Å². The molecule has 0 saturated carbocycles. The molecule has 0 saturated heterocycles. The highest BCUT2D eigenvalue weighted by atomic mass is 19.1. The highest BCUT2D eigenvalue weighted by molar-refractivity contribution is 5.96. The number of aryl methyl sites for hydroxylation is 1. The molecule has 5 aromatic rings. The summed E-state index contributed by atoms with van der Waals surface area (Å²) in [5.41, 5.74) is 12.5. The largest absolute Gasteiger partial charge is 0.455 e. The molecule has 0 aliphatic heterocycles. The van der Waals surface area contributed by atoms with Gasteiger partial charge in [0.1, 0.15) is 11.6 Å². The Kier molecular flexibility index (Phi) is 9.51. The number of anilines is 1. The number of carbonyl (C=O) groups excluding carboxylic acids is 2. The van der Waals surface area contributed by atoms with E-state index in [0.717, 1.165) is 40.7 Å². The molecule has 0 radical (unpaired) electrons. The maximum absolute atomic E-state index is 14.0. The third kappa shape index (κ3) is 7.33. The molecule has 5 aromatic carbocycles. The normalized spacial score (nSPS) is 13.6. The lowest BCUT2D eigenvalue weighted by Gasteiger charge is -2.26.